The molecule has 90 valence electrons. The first-order chi connectivity index (χ1) is 8.08. The maximum atomic E-state index is 12.0. The number of carbonyl (C=O) groups is 1. The summed E-state index contributed by atoms with van der Waals surface area (Å²) in [7, 11) is 1.88. The van der Waals surface area contributed by atoms with Crippen LogP contribution >= 0.6 is 0 Å². The van der Waals surface area contributed by atoms with E-state index in [-0.39, 0.29) is 5.78 Å². The number of rotatable bonds is 4. The maximum Gasteiger partial charge on any atom is 0.166 e. The van der Waals surface area contributed by atoms with Gasteiger partial charge in [0.2, 0.25) is 0 Å². The minimum absolute atomic E-state index is 0.126. The molecular weight excluding hydrogens is 216 g/mol. The summed E-state index contributed by atoms with van der Waals surface area (Å²) in [5, 5.41) is 4.08. The molecule has 2 aromatic heterocycles. The molecule has 17 heavy (non-hydrogen) atoms. The van der Waals surface area contributed by atoms with Crippen molar-refractivity contribution in [1.82, 2.24) is 9.78 Å². The minimum Gasteiger partial charge on any atom is -0.466 e. The Morgan fingerprint density at radius 1 is 1.47 bits per heavy atom. The van der Waals surface area contributed by atoms with E-state index in [1.165, 1.54) is 0 Å². The van der Waals surface area contributed by atoms with Gasteiger partial charge in [-0.05, 0) is 32.4 Å². The molecule has 0 bridgehead atoms. The smallest absolute Gasteiger partial charge is 0.166 e. The molecule has 0 aromatic carbocycles. The number of furan rings is 1. The minimum atomic E-state index is 0.126. The topological polar surface area (TPSA) is 48.0 Å². The number of ketones is 1. The monoisotopic (exact) mass is 232 g/mol. The summed E-state index contributed by atoms with van der Waals surface area (Å²) in [6, 6.07) is 3.74. The molecule has 0 radical (unpaired) electrons. The average molecular weight is 232 g/mol. The molecule has 0 unspecified atom stereocenters. The summed E-state index contributed by atoms with van der Waals surface area (Å²) in [5.41, 5.74) is 1.76. The zero-order chi connectivity index (χ0) is 12.4. The molecular formula is C13H16N2O2. The molecule has 2 heterocycles. The van der Waals surface area contributed by atoms with Crippen molar-refractivity contribution in [1.29, 1.82) is 0 Å². The lowest BCUT2D eigenvalue weighted by Crippen LogP contribution is -2.04. The molecule has 0 spiro atoms. The molecule has 2 aromatic rings. The van der Waals surface area contributed by atoms with Gasteiger partial charge in [0.25, 0.3) is 0 Å². The summed E-state index contributed by atoms with van der Waals surface area (Å²) in [6.07, 6.45) is 2.94. The van der Waals surface area contributed by atoms with Crippen LogP contribution in [-0.2, 0) is 13.5 Å². The van der Waals surface area contributed by atoms with Crippen molar-refractivity contribution >= 4 is 5.78 Å². The van der Waals surface area contributed by atoms with Crippen molar-refractivity contribution in [3.63, 3.8) is 0 Å². The molecule has 0 saturated carbocycles. The fourth-order valence-corrected chi connectivity index (χ4v) is 1.93. The van der Waals surface area contributed by atoms with Gasteiger partial charge in [-0.2, -0.15) is 5.10 Å². The summed E-state index contributed by atoms with van der Waals surface area (Å²) in [6.45, 7) is 3.68. The third-order valence-corrected chi connectivity index (χ3v) is 2.87. The molecule has 0 saturated heterocycles. The zero-order valence-corrected chi connectivity index (χ0v) is 10.4. The number of aryl methyl sites for hydroxylation is 4. The first-order valence-corrected chi connectivity index (χ1v) is 5.65. The number of hydrogen-bond acceptors (Lipinski definition) is 3. The van der Waals surface area contributed by atoms with Crippen molar-refractivity contribution in [2.24, 2.45) is 7.05 Å². The molecule has 4 heteroatoms. The van der Waals surface area contributed by atoms with E-state index < -0.39 is 0 Å². The first-order valence-electron chi connectivity index (χ1n) is 5.65. The fraction of sp³-hybridized carbons (Fsp3) is 0.385. The van der Waals surface area contributed by atoms with Crippen molar-refractivity contribution < 1.29 is 9.21 Å². The van der Waals surface area contributed by atoms with Gasteiger partial charge in [-0.25, -0.2) is 0 Å². The number of nitrogens with zero attached hydrogens (tertiary/aromatic N) is 2. The van der Waals surface area contributed by atoms with Crippen LogP contribution in [0.3, 0.4) is 0 Å². The lowest BCUT2D eigenvalue weighted by Gasteiger charge is -2.01. The highest BCUT2D eigenvalue weighted by Gasteiger charge is 2.13. The van der Waals surface area contributed by atoms with Crippen molar-refractivity contribution in [3.05, 3.63) is 41.1 Å². The molecule has 2 rings (SSSR count). The van der Waals surface area contributed by atoms with Crippen LogP contribution in [0.4, 0.5) is 0 Å². The summed E-state index contributed by atoms with van der Waals surface area (Å²) in [5.74, 6) is 1.62. The van der Waals surface area contributed by atoms with Gasteiger partial charge in [-0.3, -0.25) is 9.48 Å². The molecule has 0 aliphatic heterocycles. The zero-order valence-electron chi connectivity index (χ0n) is 10.4. The van der Waals surface area contributed by atoms with Crippen LogP contribution in [0.2, 0.25) is 0 Å². The van der Waals surface area contributed by atoms with Gasteiger partial charge >= 0.3 is 0 Å². The quantitative estimate of drug-likeness (QED) is 0.761. The van der Waals surface area contributed by atoms with Gasteiger partial charge in [0, 0.05) is 25.4 Å². The summed E-state index contributed by atoms with van der Waals surface area (Å²) in [4.78, 5) is 12.0. The SMILES string of the molecule is Cc1cc(C(=O)CCc2ccnn2C)c(C)o1. The summed E-state index contributed by atoms with van der Waals surface area (Å²) < 4.78 is 7.15. The van der Waals surface area contributed by atoms with Gasteiger partial charge in [0.15, 0.2) is 5.78 Å². The highest BCUT2D eigenvalue weighted by atomic mass is 16.3. The largest absolute Gasteiger partial charge is 0.466 e. The van der Waals surface area contributed by atoms with E-state index in [0.29, 0.717) is 24.2 Å². The second-order valence-electron chi connectivity index (χ2n) is 4.20. The Kier molecular flexibility index (Phi) is 3.13. The Morgan fingerprint density at radius 2 is 2.24 bits per heavy atom. The lowest BCUT2D eigenvalue weighted by atomic mass is 10.1. The number of carbonyl (C=O) groups excluding carboxylic acids is 1. The van der Waals surface area contributed by atoms with E-state index in [9.17, 15) is 4.79 Å². The Morgan fingerprint density at radius 3 is 2.76 bits per heavy atom. The molecule has 0 atom stereocenters. The Bertz CT molecular complexity index is 537. The normalized spacial score (nSPS) is 10.8. The molecule has 4 nitrogen and oxygen atoms in total. The molecule has 0 fully saturated rings. The van der Waals surface area contributed by atoms with Gasteiger partial charge < -0.3 is 4.42 Å². The predicted molar refractivity (Wildman–Crippen MR) is 64.0 cm³/mol. The van der Waals surface area contributed by atoms with Crippen LogP contribution in [0.15, 0.2) is 22.7 Å². The summed E-state index contributed by atoms with van der Waals surface area (Å²) >= 11 is 0. The van der Waals surface area contributed by atoms with E-state index >= 15 is 0 Å². The second kappa shape index (κ2) is 4.57. The van der Waals surface area contributed by atoms with Crippen LogP contribution < -0.4 is 0 Å². The van der Waals surface area contributed by atoms with E-state index in [4.69, 9.17) is 4.42 Å². The Labute approximate surface area is 100 Å². The third-order valence-electron chi connectivity index (χ3n) is 2.87. The van der Waals surface area contributed by atoms with Gasteiger partial charge in [-0.1, -0.05) is 0 Å². The highest BCUT2D eigenvalue weighted by Crippen LogP contribution is 2.16. The fourth-order valence-electron chi connectivity index (χ4n) is 1.93. The van der Waals surface area contributed by atoms with Crippen LogP contribution in [-0.4, -0.2) is 15.6 Å². The molecule has 0 aliphatic carbocycles. The average Bonchev–Trinajstić information content (AvgIpc) is 2.81. The second-order valence-corrected chi connectivity index (χ2v) is 4.20. The van der Waals surface area contributed by atoms with E-state index in [1.807, 2.05) is 27.0 Å². The van der Waals surface area contributed by atoms with E-state index in [1.54, 1.807) is 16.9 Å². The van der Waals surface area contributed by atoms with Crippen LogP contribution in [0.25, 0.3) is 0 Å². The third kappa shape index (κ3) is 2.46. The lowest BCUT2D eigenvalue weighted by molar-refractivity contribution is 0.0981. The number of aromatic nitrogens is 2. The molecule has 0 N–H and O–H groups in total. The van der Waals surface area contributed by atoms with E-state index in [0.717, 1.165) is 11.5 Å². The van der Waals surface area contributed by atoms with Crippen molar-refractivity contribution in [3.8, 4) is 0 Å². The predicted octanol–water partition coefficient (Wildman–Crippen LogP) is 2.45. The standard InChI is InChI=1S/C13H16N2O2/c1-9-8-12(10(2)17-9)13(16)5-4-11-6-7-14-15(11)3/h6-8H,4-5H2,1-3H3. The Balaban J connectivity index is 2.03. The van der Waals surface area contributed by atoms with Crippen LogP contribution in [0, 0.1) is 13.8 Å². The number of hydrogen-bond donors (Lipinski definition) is 0. The van der Waals surface area contributed by atoms with Gasteiger partial charge in [-0.15, -0.1) is 0 Å². The highest BCUT2D eigenvalue weighted by molar-refractivity contribution is 5.97. The Hall–Kier alpha value is -1.84. The molecule has 0 amide bonds. The van der Waals surface area contributed by atoms with Gasteiger partial charge in [0.05, 0.1) is 5.56 Å². The number of Topliss-reactive ketones (excluding diaryl/α,β-unsaturated/α-hetero) is 1. The van der Waals surface area contributed by atoms with Crippen LogP contribution in [0.1, 0.15) is 34.0 Å². The van der Waals surface area contributed by atoms with Crippen molar-refractivity contribution in [2.75, 3.05) is 0 Å². The first kappa shape index (κ1) is 11.6. The maximum absolute atomic E-state index is 12.0. The molecule has 0 aliphatic rings. The van der Waals surface area contributed by atoms with Crippen molar-refractivity contribution in [2.45, 2.75) is 26.7 Å². The van der Waals surface area contributed by atoms with E-state index in [2.05, 4.69) is 5.10 Å². The van der Waals surface area contributed by atoms with Crippen LogP contribution in [0.5, 0.6) is 0 Å². The van der Waals surface area contributed by atoms with Gasteiger partial charge in [0.1, 0.15) is 11.5 Å².